The minimum atomic E-state index is -0.345. The van der Waals surface area contributed by atoms with Gasteiger partial charge in [0, 0.05) is 42.8 Å². The monoisotopic (exact) mass is 467 g/mol. The molecule has 0 radical (unpaired) electrons. The third-order valence-corrected chi connectivity index (χ3v) is 6.38. The van der Waals surface area contributed by atoms with E-state index in [1.807, 2.05) is 12.1 Å². The first-order valence-corrected chi connectivity index (χ1v) is 11.0. The topological polar surface area (TPSA) is 86.4 Å². The highest BCUT2D eigenvalue weighted by Gasteiger charge is 2.23. The highest BCUT2D eigenvalue weighted by molar-refractivity contribution is 7.71. The zero-order chi connectivity index (χ0) is 23.1. The van der Waals surface area contributed by atoms with Crippen LogP contribution >= 0.6 is 12.2 Å². The van der Waals surface area contributed by atoms with Crippen molar-refractivity contribution in [3.05, 3.63) is 63.4 Å². The van der Waals surface area contributed by atoms with Gasteiger partial charge in [0.2, 0.25) is 5.91 Å². The molecule has 1 aliphatic rings. The van der Waals surface area contributed by atoms with E-state index in [1.165, 1.54) is 16.7 Å². The molecule has 0 saturated carbocycles. The smallest absolute Gasteiger partial charge is 0.279 e. The highest BCUT2D eigenvalue weighted by Crippen LogP contribution is 2.26. The number of hydrogen-bond donors (Lipinski definition) is 2. The zero-order valence-corrected chi connectivity index (χ0v) is 18.7. The first-order valence-electron chi connectivity index (χ1n) is 10.6. The van der Waals surface area contributed by atoms with E-state index < -0.39 is 0 Å². The summed E-state index contributed by atoms with van der Waals surface area (Å²) in [4.78, 5) is 36.2. The molecular formula is C23H22FN5O3S. The normalized spacial score (nSPS) is 14.2. The largest absolute Gasteiger partial charge is 0.497 e. The van der Waals surface area contributed by atoms with Crippen LogP contribution in [0.2, 0.25) is 0 Å². The number of benzene rings is 2. The van der Waals surface area contributed by atoms with Crippen molar-refractivity contribution in [2.45, 2.75) is 6.54 Å². The zero-order valence-electron chi connectivity index (χ0n) is 17.9. The number of ether oxygens (including phenoxy) is 1. The van der Waals surface area contributed by atoms with Crippen molar-refractivity contribution in [3.8, 4) is 5.75 Å². The second-order valence-corrected chi connectivity index (χ2v) is 8.34. The molecule has 4 aromatic rings. The lowest BCUT2D eigenvalue weighted by atomic mass is 10.2. The lowest BCUT2D eigenvalue weighted by molar-refractivity contribution is -0.132. The van der Waals surface area contributed by atoms with Gasteiger partial charge in [-0.05, 0) is 54.7 Å². The number of anilines is 1. The van der Waals surface area contributed by atoms with Gasteiger partial charge in [-0.25, -0.2) is 4.39 Å². The van der Waals surface area contributed by atoms with E-state index in [9.17, 15) is 14.0 Å². The number of aromatic nitrogens is 3. The predicted octanol–water partition coefficient (Wildman–Crippen LogP) is 3.04. The Labute approximate surface area is 193 Å². The van der Waals surface area contributed by atoms with Gasteiger partial charge in [-0.1, -0.05) is 0 Å². The van der Waals surface area contributed by atoms with Crippen molar-refractivity contribution in [2.24, 2.45) is 0 Å². The second-order valence-electron chi connectivity index (χ2n) is 7.95. The fraction of sp³-hybridized carbons (Fsp3) is 0.261. The summed E-state index contributed by atoms with van der Waals surface area (Å²) in [5.41, 5.74) is 2.30. The Morgan fingerprint density at radius 3 is 2.48 bits per heavy atom. The third-order valence-electron chi connectivity index (χ3n) is 6.06. The van der Waals surface area contributed by atoms with Gasteiger partial charge in [-0.15, -0.1) is 0 Å². The number of amides is 1. The lowest BCUT2D eigenvalue weighted by Gasteiger charge is -2.36. The maximum Gasteiger partial charge on any atom is 0.279 e. The molecule has 33 heavy (non-hydrogen) atoms. The number of carbonyl (C=O) groups is 1. The molecule has 5 rings (SSSR count). The first-order chi connectivity index (χ1) is 15.9. The van der Waals surface area contributed by atoms with Crippen LogP contribution in [0.3, 0.4) is 0 Å². The number of fused-ring (bicyclic) bond motifs is 3. The van der Waals surface area contributed by atoms with Crippen LogP contribution in [0.1, 0.15) is 0 Å². The average Bonchev–Trinajstić information content (AvgIpc) is 3.20. The Balaban J connectivity index is 1.36. The summed E-state index contributed by atoms with van der Waals surface area (Å²) in [7, 11) is 1.58. The maximum atomic E-state index is 13.2. The number of rotatable bonds is 4. The van der Waals surface area contributed by atoms with E-state index in [1.54, 1.807) is 30.2 Å². The SMILES string of the molecule is COc1ccc2[nH]c3c(=O)n(CC(=O)N4CCN(c5ccc(F)cc5)CC4)c(=S)[nH]c3c2c1. The molecule has 0 aliphatic carbocycles. The number of aromatic amines is 2. The summed E-state index contributed by atoms with van der Waals surface area (Å²) in [6, 6.07) is 11.8. The molecule has 0 spiro atoms. The van der Waals surface area contributed by atoms with Gasteiger partial charge >= 0.3 is 0 Å². The van der Waals surface area contributed by atoms with Gasteiger partial charge in [-0.2, -0.15) is 0 Å². The van der Waals surface area contributed by atoms with Crippen LogP contribution in [0, 0.1) is 10.6 Å². The van der Waals surface area contributed by atoms with Gasteiger partial charge in [0.25, 0.3) is 5.56 Å². The number of hydrogen-bond acceptors (Lipinski definition) is 5. The Hall–Kier alpha value is -3.66. The molecule has 1 amide bonds. The third kappa shape index (κ3) is 3.86. The number of nitrogens with zero attached hydrogens (tertiary/aromatic N) is 3. The lowest BCUT2D eigenvalue weighted by Crippen LogP contribution is -2.50. The van der Waals surface area contributed by atoms with Crippen molar-refractivity contribution in [3.63, 3.8) is 0 Å². The Kier molecular flexibility index (Phi) is 5.37. The van der Waals surface area contributed by atoms with E-state index in [-0.39, 0.29) is 28.6 Å². The quantitative estimate of drug-likeness (QED) is 0.451. The number of nitrogens with one attached hydrogen (secondary N) is 2. The van der Waals surface area contributed by atoms with E-state index in [0.29, 0.717) is 43.0 Å². The fourth-order valence-corrected chi connectivity index (χ4v) is 4.48. The van der Waals surface area contributed by atoms with Crippen LogP contribution in [0.15, 0.2) is 47.3 Å². The van der Waals surface area contributed by atoms with Crippen LogP contribution in [-0.2, 0) is 11.3 Å². The molecule has 2 N–H and O–H groups in total. The van der Waals surface area contributed by atoms with Crippen LogP contribution in [0.4, 0.5) is 10.1 Å². The minimum absolute atomic E-state index is 0.140. The summed E-state index contributed by atoms with van der Waals surface area (Å²) < 4.78 is 19.9. The van der Waals surface area contributed by atoms with Gasteiger partial charge < -0.3 is 24.5 Å². The summed E-state index contributed by atoms with van der Waals surface area (Å²) in [5.74, 6) is 0.218. The van der Waals surface area contributed by atoms with Crippen molar-refractivity contribution >= 4 is 45.7 Å². The van der Waals surface area contributed by atoms with Gasteiger partial charge in [0.05, 0.1) is 12.6 Å². The van der Waals surface area contributed by atoms with Gasteiger partial charge in [0.1, 0.15) is 23.6 Å². The molecule has 3 heterocycles. The molecule has 0 bridgehead atoms. The molecule has 170 valence electrons. The van der Waals surface area contributed by atoms with Crippen molar-refractivity contribution in [1.82, 2.24) is 19.4 Å². The Bertz CT molecular complexity index is 1470. The summed E-state index contributed by atoms with van der Waals surface area (Å²) in [5, 5.41) is 0.794. The number of methoxy groups -OCH3 is 1. The molecule has 1 fully saturated rings. The van der Waals surface area contributed by atoms with Gasteiger partial charge in [-0.3, -0.25) is 14.2 Å². The maximum absolute atomic E-state index is 13.2. The van der Waals surface area contributed by atoms with Gasteiger partial charge in [0.15, 0.2) is 4.77 Å². The molecule has 10 heteroatoms. The molecule has 8 nitrogen and oxygen atoms in total. The molecule has 1 saturated heterocycles. The van der Waals surface area contributed by atoms with Crippen LogP contribution in [-0.4, -0.2) is 58.6 Å². The van der Waals surface area contributed by atoms with E-state index >= 15 is 0 Å². The van der Waals surface area contributed by atoms with Crippen molar-refractivity contribution in [2.75, 3.05) is 38.2 Å². The summed E-state index contributed by atoms with van der Waals surface area (Å²) >= 11 is 5.42. The molecule has 0 atom stereocenters. The fourth-order valence-electron chi connectivity index (χ4n) is 4.23. The van der Waals surface area contributed by atoms with E-state index in [0.717, 1.165) is 16.6 Å². The number of piperazine rings is 1. The minimum Gasteiger partial charge on any atom is -0.497 e. The van der Waals surface area contributed by atoms with E-state index in [4.69, 9.17) is 17.0 Å². The molecular weight excluding hydrogens is 445 g/mol. The summed E-state index contributed by atoms with van der Waals surface area (Å²) in [6.45, 7) is 2.13. The van der Waals surface area contributed by atoms with Crippen molar-refractivity contribution in [1.29, 1.82) is 0 Å². The first kappa shape index (κ1) is 21.2. The number of H-pyrrole nitrogens is 2. The predicted molar refractivity (Wildman–Crippen MR) is 127 cm³/mol. The number of carbonyl (C=O) groups excluding carboxylic acids is 1. The highest BCUT2D eigenvalue weighted by atomic mass is 32.1. The molecule has 0 unspecified atom stereocenters. The number of halogens is 1. The molecule has 2 aromatic heterocycles. The average molecular weight is 468 g/mol. The Morgan fingerprint density at radius 1 is 1.06 bits per heavy atom. The second kappa shape index (κ2) is 8.36. The standard InChI is InChI=1S/C23H22FN5O3S/c1-32-16-6-7-18-17(12-16)20-21(25-18)22(31)29(23(33)26-20)13-19(30)28-10-8-27(9-11-28)15-4-2-14(24)3-5-15/h2-7,12,25H,8-11,13H2,1H3,(H,26,33). The van der Waals surface area contributed by atoms with Crippen LogP contribution < -0.4 is 15.2 Å². The molecule has 2 aromatic carbocycles. The van der Waals surface area contributed by atoms with E-state index in [2.05, 4.69) is 14.9 Å². The molecule has 1 aliphatic heterocycles. The van der Waals surface area contributed by atoms with Crippen LogP contribution in [0.5, 0.6) is 5.75 Å². The van der Waals surface area contributed by atoms with Crippen LogP contribution in [0.25, 0.3) is 21.9 Å². The Morgan fingerprint density at radius 2 is 1.79 bits per heavy atom. The van der Waals surface area contributed by atoms with Crippen molar-refractivity contribution < 1.29 is 13.9 Å². The summed E-state index contributed by atoms with van der Waals surface area (Å²) in [6.07, 6.45) is 0.